The lowest BCUT2D eigenvalue weighted by molar-refractivity contribution is -0.136. The Balaban J connectivity index is 1.90. The molecule has 2 heterocycles. The SMILES string of the molecule is Cc1ccc(-c2nc(NC(=O)C3CCCO3)sc2CC(=O)O)cc1C. The summed E-state index contributed by atoms with van der Waals surface area (Å²) in [6, 6.07) is 5.90. The maximum atomic E-state index is 12.2. The zero-order chi connectivity index (χ0) is 18.0. The van der Waals surface area contributed by atoms with Crippen LogP contribution >= 0.6 is 11.3 Å². The minimum Gasteiger partial charge on any atom is -0.481 e. The van der Waals surface area contributed by atoms with Gasteiger partial charge in [-0.3, -0.25) is 14.9 Å². The number of carbonyl (C=O) groups excluding carboxylic acids is 1. The van der Waals surface area contributed by atoms with E-state index < -0.39 is 12.1 Å². The number of carboxylic acid groups (broad SMARTS) is 1. The van der Waals surface area contributed by atoms with Gasteiger partial charge in [0.25, 0.3) is 5.91 Å². The molecule has 1 fully saturated rings. The molecule has 25 heavy (non-hydrogen) atoms. The first-order valence-electron chi connectivity index (χ1n) is 8.15. The van der Waals surface area contributed by atoms with E-state index in [2.05, 4.69) is 10.3 Å². The van der Waals surface area contributed by atoms with Gasteiger partial charge in [-0.25, -0.2) is 4.98 Å². The van der Waals surface area contributed by atoms with Crippen LogP contribution in [0.2, 0.25) is 0 Å². The molecule has 0 radical (unpaired) electrons. The van der Waals surface area contributed by atoms with Crippen LogP contribution in [0.4, 0.5) is 5.13 Å². The molecule has 2 aromatic rings. The molecule has 0 spiro atoms. The summed E-state index contributed by atoms with van der Waals surface area (Å²) in [6.45, 7) is 4.61. The smallest absolute Gasteiger partial charge is 0.308 e. The fourth-order valence-corrected chi connectivity index (χ4v) is 3.72. The zero-order valence-corrected chi connectivity index (χ0v) is 15.0. The van der Waals surface area contributed by atoms with Crippen molar-refractivity contribution < 1.29 is 19.4 Å². The third-order valence-electron chi connectivity index (χ3n) is 4.24. The minimum atomic E-state index is -0.925. The van der Waals surface area contributed by atoms with Crippen LogP contribution in [-0.2, 0) is 20.7 Å². The Labute approximate surface area is 149 Å². The first-order valence-corrected chi connectivity index (χ1v) is 8.97. The van der Waals surface area contributed by atoms with Crippen molar-refractivity contribution in [3.8, 4) is 11.3 Å². The van der Waals surface area contributed by atoms with E-state index in [0.29, 0.717) is 28.7 Å². The molecule has 0 saturated carbocycles. The van der Waals surface area contributed by atoms with E-state index in [1.165, 1.54) is 11.3 Å². The third-order valence-corrected chi connectivity index (χ3v) is 5.21. The van der Waals surface area contributed by atoms with Crippen LogP contribution in [-0.4, -0.2) is 34.7 Å². The van der Waals surface area contributed by atoms with E-state index in [9.17, 15) is 14.7 Å². The van der Waals surface area contributed by atoms with Crippen molar-refractivity contribution in [2.24, 2.45) is 0 Å². The summed E-state index contributed by atoms with van der Waals surface area (Å²) in [5, 5.41) is 12.3. The molecule has 1 aliphatic heterocycles. The molecule has 1 aliphatic rings. The number of nitrogens with one attached hydrogen (secondary N) is 1. The molecule has 0 bridgehead atoms. The molecule has 1 saturated heterocycles. The standard InChI is InChI=1S/C18H20N2O4S/c1-10-5-6-12(8-11(10)2)16-14(9-15(21)22)25-18(19-16)20-17(23)13-4-3-7-24-13/h5-6,8,13H,3-4,7,9H2,1-2H3,(H,21,22)(H,19,20,23). The largest absolute Gasteiger partial charge is 0.481 e. The van der Waals surface area contributed by atoms with Crippen molar-refractivity contribution in [2.75, 3.05) is 11.9 Å². The average Bonchev–Trinajstić information content (AvgIpc) is 3.19. The highest BCUT2D eigenvalue weighted by molar-refractivity contribution is 7.16. The number of rotatable bonds is 5. The maximum Gasteiger partial charge on any atom is 0.308 e. The predicted molar refractivity (Wildman–Crippen MR) is 96.0 cm³/mol. The molecule has 1 unspecified atom stereocenters. The molecule has 7 heteroatoms. The molecule has 6 nitrogen and oxygen atoms in total. The molecule has 1 aromatic carbocycles. The van der Waals surface area contributed by atoms with Gasteiger partial charge in [-0.15, -0.1) is 11.3 Å². The van der Waals surface area contributed by atoms with Crippen molar-refractivity contribution in [3.63, 3.8) is 0 Å². The number of benzene rings is 1. The van der Waals surface area contributed by atoms with Gasteiger partial charge in [-0.1, -0.05) is 12.1 Å². The van der Waals surface area contributed by atoms with Gasteiger partial charge in [-0.2, -0.15) is 0 Å². The fourth-order valence-electron chi connectivity index (χ4n) is 2.75. The molecule has 0 aliphatic carbocycles. The normalized spacial score (nSPS) is 16.8. The molecule has 3 rings (SSSR count). The van der Waals surface area contributed by atoms with E-state index >= 15 is 0 Å². The Bertz CT molecular complexity index is 809. The summed E-state index contributed by atoms with van der Waals surface area (Å²) in [5.41, 5.74) is 3.73. The number of nitrogens with zero attached hydrogens (tertiary/aromatic N) is 1. The van der Waals surface area contributed by atoms with Crippen LogP contribution in [0.3, 0.4) is 0 Å². The van der Waals surface area contributed by atoms with Crippen LogP contribution in [0.25, 0.3) is 11.3 Å². The number of anilines is 1. The first kappa shape index (κ1) is 17.6. The molecular formula is C18H20N2O4S. The van der Waals surface area contributed by atoms with Gasteiger partial charge in [-0.05, 0) is 43.9 Å². The molecular weight excluding hydrogens is 340 g/mol. The second kappa shape index (κ2) is 7.33. The lowest BCUT2D eigenvalue weighted by atomic mass is 10.0. The van der Waals surface area contributed by atoms with Crippen molar-refractivity contribution in [3.05, 3.63) is 34.2 Å². The average molecular weight is 360 g/mol. The number of ether oxygens (including phenoxy) is 1. The van der Waals surface area contributed by atoms with Gasteiger partial charge in [0.2, 0.25) is 0 Å². The van der Waals surface area contributed by atoms with Gasteiger partial charge in [0, 0.05) is 17.0 Å². The number of carbonyl (C=O) groups is 2. The van der Waals surface area contributed by atoms with Crippen LogP contribution in [0.5, 0.6) is 0 Å². The quantitative estimate of drug-likeness (QED) is 0.855. The van der Waals surface area contributed by atoms with Gasteiger partial charge < -0.3 is 9.84 Å². The Hall–Kier alpha value is -2.25. The highest BCUT2D eigenvalue weighted by atomic mass is 32.1. The van der Waals surface area contributed by atoms with Crippen molar-refractivity contribution in [2.45, 2.75) is 39.2 Å². The lowest BCUT2D eigenvalue weighted by Gasteiger charge is -2.07. The van der Waals surface area contributed by atoms with Crippen LogP contribution in [0, 0.1) is 13.8 Å². The number of hydrogen-bond acceptors (Lipinski definition) is 5. The Morgan fingerprint density at radius 2 is 2.16 bits per heavy atom. The first-order chi connectivity index (χ1) is 11.9. The number of aromatic nitrogens is 1. The Morgan fingerprint density at radius 3 is 2.80 bits per heavy atom. The van der Waals surface area contributed by atoms with Crippen molar-refractivity contribution >= 4 is 28.3 Å². The molecule has 1 atom stereocenters. The van der Waals surface area contributed by atoms with E-state index in [0.717, 1.165) is 23.1 Å². The van der Waals surface area contributed by atoms with Crippen LogP contribution in [0.1, 0.15) is 28.8 Å². The minimum absolute atomic E-state index is 0.129. The summed E-state index contributed by atoms with van der Waals surface area (Å²) in [4.78, 5) is 28.5. The van der Waals surface area contributed by atoms with Gasteiger partial charge in [0.05, 0.1) is 12.1 Å². The van der Waals surface area contributed by atoms with E-state index in [1.54, 1.807) is 0 Å². The maximum absolute atomic E-state index is 12.2. The number of aliphatic carboxylic acids is 1. The van der Waals surface area contributed by atoms with Crippen LogP contribution < -0.4 is 5.32 Å². The van der Waals surface area contributed by atoms with E-state index in [4.69, 9.17) is 4.74 Å². The van der Waals surface area contributed by atoms with Gasteiger partial charge >= 0.3 is 5.97 Å². The fraction of sp³-hybridized carbons (Fsp3) is 0.389. The monoisotopic (exact) mass is 360 g/mol. The second-order valence-electron chi connectivity index (χ2n) is 6.15. The topological polar surface area (TPSA) is 88.5 Å². The molecule has 1 amide bonds. The second-order valence-corrected chi connectivity index (χ2v) is 7.23. The summed E-state index contributed by atoms with van der Waals surface area (Å²) in [5.74, 6) is -1.15. The predicted octanol–water partition coefficient (Wildman–Crippen LogP) is 3.17. The number of aryl methyl sites for hydroxylation is 2. The number of carboxylic acids is 1. The molecule has 132 valence electrons. The summed E-state index contributed by atoms with van der Waals surface area (Å²) in [6.07, 6.45) is 0.990. The zero-order valence-electron chi connectivity index (χ0n) is 14.2. The molecule has 1 aromatic heterocycles. The summed E-state index contributed by atoms with van der Waals surface area (Å²) < 4.78 is 5.37. The van der Waals surface area contributed by atoms with Gasteiger partial charge in [0.15, 0.2) is 5.13 Å². The number of hydrogen-bond donors (Lipinski definition) is 2. The van der Waals surface area contributed by atoms with Gasteiger partial charge in [0.1, 0.15) is 6.10 Å². The summed E-state index contributed by atoms with van der Waals surface area (Å²) >= 11 is 1.20. The summed E-state index contributed by atoms with van der Waals surface area (Å²) in [7, 11) is 0. The Morgan fingerprint density at radius 1 is 1.36 bits per heavy atom. The highest BCUT2D eigenvalue weighted by Gasteiger charge is 2.25. The van der Waals surface area contributed by atoms with Crippen molar-refractivity contribution in [1.82, 2.24) is 4.98 Å². The lowest BCUT2D eigenvalue weighted by Crippen LogP contribution is -2.26. The third kappa shape index (κ3) is 4.05. The highest BCUT2D eigenvalue weighted by Crippen LogP contribution is 2.33. The van der Waals surface area contributed by atoms with Crippen molar-refractivity contribution in [1.29, 1.82) is 0 Å². The molecule has 2 N–H and O–H groups in total. The Kier molecular flexibility index (Phi) is 5.15. The van der Waals surface area contributed by atoms with Crippen LogP contribution in [0.15, 0.2) is 18.2 Å². The number of amides is 1. The number of thiazole rings is 1. The van der Waals surface area contributed by atoms with E-state index in [-0.39, 0.29) is 12.3 Å². The van der Waals surface area contributed by atoms with E-state index in [1.807, 2.05) is 32.0 Å².